The molecule has 8 aromatic rings. The van der Waals surface area contributed by atoms with Crippen LogP contribution in [0.2, 0.25) is 0 Å². The highest BCUT2D eigenvalue weighted by atomic mass is 15.1. The second kappa shape index (κ2) is 12.5. The molecule has 0 atom stereocenters. The van der Waals surface area contributed by atoms with E-state index in [0.717, 1.165) is 28.5 Å². The van der Waals surface area contributed by atoms with Crippen LogP contribution in [0.5, 0.6) is 0 Å². The van der Waals surface area contributed by atoms with Crippen molar-refractivity contribution in [3.63, 3.8) is 0 Å². The summed E-state index contributed by atoms with van der Waals surface area (Å²) in [6.07, 6.45) is 0. The van der Waals surface area contributed by atoms with Gasteiger partial charge < -0.3 is 4.90 Å². The average Bonchev–Trinajstić information content (AvgIpc) is 3.59. The third-order valence-electron chi connectivity index (χ3n) is 12.0. The Morgan fingerprint density at radius 1 is 0.345 bits per heavy atom. The molecule has 55 heavy (non-hydrogen) atoms. The van der Waals surface area contributed by atoms with E-state index in [2.05, 4.69) is 215 Å². The first-order chi connectivity index (χ1) is 26.8. The van der Waals surface area contributed by atoms with Gasteiger partial charge in [0.15, 0.2) is 0 Å². The Balaban J connectivity index is 1.06. The van der Waals surface area contributed by atoms with Crippen LogP contribution in [-0.2, 0) is 10.8 Å². The molecule has 10 rings (SSSR count). The van der Waals surface area contributed by atoms with Gasteiger partial charge in [-0.2, -0.15) is 0 Å². The number of rotatable bonds is 6. The van der Waals surface area contributed by atoms with Crippen LogP contribution in [0.4, 0.5) is 17.1 Å². The van der Waals surface area contributed by atoms with Crippen LogP contribution in [0.3, 0.4) is 0 Å². The minimum Gasteiger partial charge on any atom is -0.310 e. The standard InChI is InChI=1S/C53H42N2/c1-52(2)47-32-37(40-30-38(35-17-9-5-10-18-35)29-39(31-40)36-19-11-6-12-20-36)25-27-45(47)50-49(52)34-46-44-28-26-43(33-48(44)53(3,4)51(46)54-50)55(41-21-13-7-14-22-41)42-23-15-8-16-24-42/h5-34H,1-4H3. The van der Waals surface area contributed by atoms with Crippen molar-refractivity contribution in [2.45, 2.75) is 38.5 Å². The maximum atomic E-state index is 5.63. The number of fused-ring (bicyclic) bond motifs is 6. The van der Waals surface area contributed by atoms with Gasteiger partial charge in [-0.15, -0.1) is 0 Å². The monoisotopic (exact) mass is 706 g/mol. The van der Waals surface area contributed by atoms with E-state index in [9.17, 15) is 0 Å². The van der Waals surface area contributed by atoms with Crippen molar-refractivity contribution in [1.82, 2.24) is 4.98 Å². The highest BCUT2D eigenvalue weighted by molar-refractivity contribution is 5.90. The molecule has 0 amide bonds. The Hall–Kier alpha value is -6.51. The molecule has 264 valence electrons. The van der Waals surface area contributed by atoms with E-state index in [0.29, 0.717) is 0 Å². The van der Waals surface area contributed by atoms with Gasteiger partial charge in [0.1, 0.15) is 0 Å². The second-order valence-corrected chi connectivity index (χ2v) is 16.1. The maximum absolute atomic E-state index is 5.63. The van der Waals surface area contributed by atoms with Gasteiger partial charge in [0.25, 0.3) is 0 Å². The molecule has 2 aliphatic rings. The molecule has 0 spiro atoms. The maximum Gasteiger partial charge on any atom is 0.0750 e. The van der Waals surface area contributed by atoms with Crippen molar-refractivity contribution in [3.05, 3.63) is 204 Å². The predicted octanol–water partition coefficient (Wildman–Crippen LogP) is 14.2. The second-order valence-electron chi connectivity index (χ2n) is 16.1. The van der Waals surface area contributed by atoms with Crippen LogP contribution in [0.15, 0.2) is 182 Å². The van der Waals surface area contributed by atoms with Gasteiger partial charge in [-0.25, -0.2) is 0 Å². The van der Waals surface area contributed by atoms with E-state index in [1.807, 2.05) is 0 Å². The van der Waals surface area contributed by atoms with Crippen molar-refractivity contribution in [2.75, 3.05) is 4.90 Å². The molecule has 0 radical (unpaired) electrons. The molecule has 2 aliphatic carbocycles. The van der Waals surface area contributed by atoms with Crippen LogP contribution < -0.4 is 4.90 Å². The molecule has 0 fully saturated rings. The number of pyridine rings is 1. The first kappa shape index (κ1) is 33.1. The first-order valence-electron chi connectivity index (χ1n) is 19.3. The van der Waals surface area contributed by atoms with Gasteiger partial charge in [0.05, 0.1) is 11.4 Å². The minimum atomic E-state index is -0.271. The fourth-order valence-corrected chi connectivity index (χ4v) is 9.01. The van der Waals surface area contributed by atoms with E-state index < -0.39 is 0 Å². The van der Waals surface area contributed by atoms with Gasteiger partial charge in [-0.3, -0.25) is 4.98 Å². The summed E-state index contributed by atoms with van der Waals surface area (Å²) in [5.74, 6) is 0. The summed E-state index contributed by atoms with van der Waals surface area (Å²) in [6.45, 7) is 9.41. The number of para-hydroxylation sites is 2. The van der Waals surface area contributed by atoms with Gasteiger partial charge in [0.2, 0.25) is 0 Å². The summed E-state index contributed by atoms with van der Waals surface area (Å²) in [4.78, 5) is 7.97. The Bertz CT molecular complexity index is 2630. The summed E-state index contributed by atoms with van der Waals surface area (Å²) in [5.41, 5.74) is 20.2. The lowest BCUT2D eigenvalue weighted by atomic mass is 9.80. The Kier molecular flexibility index (Phi) is 7.54. The van der Waals surface area contributed by atoms with Crippen LogP contribution in [0, 0.1) is 0 Å². The zero-order valence-corrected chi connectivity index (χ0v) is 31.7. The molecule has 0 bridgehead atoms. The number of nitrogens with zero attached hydrogens (tertiary/aromatic N) is 2. The molecule has 0 unspecified atom stereocenters. The minimum absolute atomic E-state index is 0.216. The van der Waals surface area contributed by atoms with Crippen LogP contribution in [-0.4, -0.2) is 4.98 Å². The summed E-state index contributed by atoms with van der Waals surface area (Å²) in [6, 6.07) is 66.2. The fraction of sp³-hybridized carbons (Fsp3) is 0.113. The van der Waals surface area contributed by atoms with Gasteiger partial charge in [0, 0.05) is 39.0 Å². The first-order valence-corrected chi connectivity index (χ1v) is 19.3. The van der Waals surface area contributed by atoms with Crippen molar-refractivity contribution >= 4 is 17.1 Å². The van der Waals surface area contributed by atoms with Crippen molar-refractivity contribution in [3.8, 4) is 55.8 Å². The molecular weight excluding hydrogens is 665 g/mol. The molecule has 1 heterocycles. The highest BCUT2D eigenvalue weighted by Crippen LogP contribution is 2.56. The fourth-order valence-electron chi connectivity index (χ4n) is 9.01. The van der Waals surface area contributed by atoms with E-state index >= 15 is 0 Å². The molecule has 0 saturated carbocycles. The Labute approximate surface area is 324 Å². The van der Waals surface area contributed by atoms with Crippen molar-refractivity contribution in [2.24, 2.45) is 0 Å². The predicted molar refractivity (Wildman–Crippen MR) is 230 cm³/mol. The summed E-state index contributed by atoms with van der Waals surface area (Å²) >= 11 is 0. The average molecular weight is 707 g/mol. The molecule has 2 nitrogen and oxygen atoms in total. The van der Waals surface area contributed by atoms with Crippen LogP contribution in [0.25, 0.3) is 55.8 Å². The van der Waals surface area contributed by atoms with E-state index in [4.69, 9.17) is 4.98 Å². The van der Waals surface area contributed by atoms with Gasteiger partial charge >= 0.3 is 0 Å². The third-order valence-corrected chi connectivity index (χ3v) is 12.0. The third kappa shape index (κ3) is 5.35. The molecule has 0 aliphatic heterocycles. The molecule has 0 saturated heterocycles. The summed E-state index contributed by atoms with van der Waals surface area (Å²) in [7, 11) is 0. The van der Waals surface area contributed by atoms with E-state index in [1.54, 1.807) is 0 Å². The number of hydrogen-bond donors (Lipinski definition) is 0. The van der Waals surface area contributed by atoms with Crippen molar-refractivity contribution < 1.29 is 0 Å². The zero-order valence-electron chi connectivity index (χ0n) is 31.7. The molecule has 1 aromatic heterocycles. The lowest BCUT2D eigenvalue weighted by molar-refractivity contribution is 0.631. The topological polar surface area (TPSA) is 16.1 Å². The van der Waals surface area contributed by atoms with Gasteiger partial charge in [-0.05, 0) is 122 Å². The smallest absolute Gasteiger partial charge is 0.0750 e. The normalized spacial score (nSPS) is 14.1. The zero-order chi connectivity index (χ0) is 37.3. The summed E-state index contributed by atoms with van der Waals surface area (Å²) in [5, 5.41) is 0. The quantitative estimate of drug-likeness (QED) is 0.171. The lowest BCUT2D eigenvalue weighted by Crippen LogP contribution is -2.19. The highest BCUT2D eigenvalue weighted by Gasteiger charge is 2.43. The van der Waals surface area contributed by atoms with Crippen molar-refractivity contribution in [1.29, 1.82) is 0 Å². The van der Waals surface area contributed by atoms with Crippen LogP contribution >= 0.6 is 0 Å². The van der Waals surface area contributed by atoms with E-state index in [-0.39, 0.29) is 10.8 Å². The van der Waals surface area contributed by atoms with E-state index in [1.165, 1.54) is 66.8 Å². The number of anilines is 3. The Morgan fingerprint density at radius 3 is 1.40 bits per heavy atom. The summed E-state index contributed by atoms with van der Waals surface area (Å²) < 4.78 is 0. The SMILES string of the molecule is CC1(C)c2cc(-c3cc(-c4ccccc4)cc(-c4ccccc4)c3)ccc2-c2nc3c(cc21)-c1ccc(N(c2ccccc2)c2ccccc2)cc1C3(C)C. The number of benzene rings is 7. The molecule has 2 heteroatoms. The van der Waals surface area contributed by atoms with Gasteiger partial charge in [-0.1, -0.05) is 143 Å². The molecular formula is C53H42N2. The molecule has 0 N–H and O–H groups in total. The lowest BCUT2D eigenvalue weighted by Gasteiger charge is -2.27. The van der Waals surface area contributed by atoms with Crippen LogP contribution in [0.1, 0.15) is 50.1 Å². The Morgan fingerprint density at radius 2 is 0.836 bits per heavy atom. The number of aromatic nitrogens is 1. The number of hydrogen-bond acceptors (Lipinski definition) is 2. The molecule has 7 aromatic carbocycles. The largest absolute Gasteiger partial charge is 0.310 e.